The molecule has 0 spiro atoms. The summed E-state index contributed by atoms with van der Waals surface area (Å²) in [7, 11) is 1.97. The second-order valence-electron chi connectivity index (χ2n) is 11.5. The number of aliphatic hydroxyl groups is 2. The molecule has 11 nitrogen and oxygen atoms in total. The van der Waals surface area contributed by atoms with Gasteiger partial charge in [0.25, 0.3) is 0 Å². The molecule has 3 heterocycles. The first kappa shape index (κ1) is 29.0. The maximum absolute atomic E-state index is 12.1. The van der Waals surface area contributed by atoms with E-state index in [4.69, 9.17) is 15.0 Å². The predicted octanol–water partition coefficient (Wildman–Crippen LogP) is 2.43. The molecule has 0 bridgehead atoms. The van der Waals surface area contributed by atoms with E-state index >= 15 is 0 Å². The number of anilines is 2. The zero-order valence-corrected chi connectivity index (χ0v) is 24.6. The highest BCUT2D eigenvalue weighted by Crippen LogP contribution is 2.35. The third-order valence-electron chi connectivity index (χ3n) is 8.84. The number of fused-ring (bicyclic) bond motifs is 1. The van der Waals surface area contributed by atoms with Crippen molar-refractivity contribution in [2.24, 2.45) is 0 Å². The number of hydrogen-bond donors (Lipinski definition) is 5. The molecule has 1 aliphatic heterocycles. The largest absolute Gasteiger partial charge is 0.388 e. The first-order valence-corrected chi connectivity index (χ1v) is 15.1. The van der Waals surface area contributed by atoms with Gasteiger partial charge in [0.05, 0.1) is 18.4 Å². The van der Waals surface area contributed by atoms with Gasteiger partial charge in [0.15, 0.2) is 17.0 Å². The molecule has 5 N–H and O–H groups in total. The van der Waals surface area contributed by atoms with Crippen LogP contribution >= 0.6 is 0 Å². The van der Waals surface area contributed by atoms with Crippen LogP contribution in [0.25, 0.3) is 11.2 Å². The maximum atomic E-state index is 12.1. The van der Waals surface area contributed by atoms with Crippen LogP contribution in [0, 0.1) is 0 Å². The third-order valence-corrected chi connectivity index (χ3v) is 8.84. The minimum absolute atomic E-state index is 0.0770. The predicted molar refractivity (Wildman–Crippen MR) is 166 cm³/mol. The van der Waals surface area contributed by atoms with E-state index in [1.165, 1.54) is 11.1 Å². The molecule has 43 heavy (non-hydrogen) atoms. The molecule has 2 aromatic heterocycles. The van der Waals surface area contributed by atoms with Gasteiger partial charge in [-0.25, -0.2) is 4.98 Å². The van der Waals surface area contributed by atoms with Crippen LogP contribution in [0.4, 0.5) is 11.8 Å². The summed E-state index contributed by atoms with van der Waals surface area (Å²) in [6.45, 7) is 3.94. The molecular formula is C32H40N8O3. The molecule has 2 aliphatic rings. The number of benzene rings is 2. The molecule has 1 saturated carbocycles. The Morgan fingerprint density at radius 2 is 1.72 bits per heavy atom. The molecular weight excluding hydrogens is 544 g/mol. The quantitative estimate of drug-likeness (QED) is 0.190. The van der Waals surface area contributed by atoms with Crippen LogP contribution in [0.15, 0.2) is 67.0 Å². The Kier molecular flexibility index (Phi) is 8.55. The van der Waals surface area contributed by atoms with Crippen molar-refractivity contribution in [1.29, 1.82) is 0 Å². The maximum Gasteiger partial charge on any atom is 0.229 e. The number of likely N-dealkylation sites (N-methyl/N-ethyl adjacent to an activating group) is 1. The number of imidazole rings is 1. The number of hydrogen-bond acceptors (Lipinski definition) is 9. The molecule has 4 aromatic rings. The lowest BCUT2D eigenvalue weighted by Gasteiger charge is -2.22. The Bertz CT molecular complexity index is 1490. The van der Waals surface area contributed by atoms with E-state index in [1.807, 2.05) is 23.7 Å². The Balaban J connectivity index is 1.36. The second-order valence-corrected chi connectivity index (χ2v) is 11.5. The average Bonchev–Trinajstić information content (AvgIpc) is 3.77. The van der Waals surface area contributed by atoms with Crippen molar-refractivity contribution in [3.05, 3.63) is 78.1 Å². The van der Waals surface area contributed by atoms with Gasteiger partial charge in [-0.3, -0.25) is 4.79 Å². The van der Waals surface area contributed by atoms with Crippen LogP contribution in [0.2, 0.25) is 0 Å². The number of carbonyl (C=O) groups excluding carboxylic acids is 1. The molecule has 2 fully saturated rings. The summed E-state index contributed by atoms with van der Waals surface area (Å²) in [5.74, 6) is 1.12. The van der Waals surface area contributed by atoms with Gasteiger partial charge in [0.1, 0.15) is 12.2 Å². The molecule has 226 valence electrons. The van der Waals surface area contributed by atoms with E-state index < -0.39 is 24.3 Å². The highest BCUT2D eigenvalue weighted by Gasteiger charge is 2.44. The zero-order chi connectivity index (χ0) is 29.9. The number of carbonyl (C=O) groups is 1. The number of nitrogens with one attached hydrogen (secondary N) is 3. The Morgan fingerprint density at radius 1 is 1.02 bits per heavy atom. The van der Waals surface area contributed by atoms with Crippen molar-refractivity contribution in [3.63, 3.8) is 0 Å². The number of rotatable bonds is 10. The molecule has 1 saturated heterocycles. The van der Waals surface area contributed by atoms with E-state index in [9.17, 15) is 15.0 Å². The average molecular weight is 585 g/mol. The van der Waals surface area contributed by atoms with Crippen molar-refractivity contribution in [1.82, 2.24) is 30.2 Å². The first-order valence-electron chi connectivity index (χ1n) is 15.1. The van der Waals surface area contributed by atoms with Gasteiger partial charge in [0.2, 0.25) is 11.9 Å². The highest BCUT2D eigenvalue weighted by molar-refractivity contribution is 5.84. The fourth-order valence-electron chi connectivity index (χ4n) is 6.32. The Hall–Kier alpha value is -4.06. The number of nitrogens with zero attached hydrogens (tertiary/aromatic N) is 5. The fraction of sp³-hybridized carbons (Fsp3) is 0.438. The van der Waals surface area contributed by atoms with Crippen LogP contribution in [0.3, 0.4) is 0 Å². The molecule has 5 atom stereocenters. The van der Waals surface area contributed by atoms with Gasteiger partial charge in [-0.1, -0.05) is 67.6 Å². The first-order chi connectivity index (χ1) is 21.0. The van der Waals surface area contributed by atoms with Gasteiger partial charge in [-0.05, 0) is 31.0 Å². The summed E-state index contributed by atoms with van der Waals surface area (Å²) >= 11 is 0. The topological polar surface area (TPSA) is 140 Å². The summed E-state index contributed by atoms with van der Waals surface area (Å²) in [4.78, 5) is 28.9. The van der Waals surface area contributed by atoms with E-state index in [0.29, 0.717) is 48.4 Å². The summed E-state index contributed by atoms with van der Waals surface area (Å²) in [5.41, 5.74) is 3.56. The van der Waals surface area contributed by atoms with E-state index in [1.54, 1.807) is 13.3 Å². The van der Waals surface area contributed by atoms with Crippen LogP contribution in [0.1, 0.15) is 49.3 Å². The van der Waals surface area contributed by atoms with Gasteiger partial charge < -0.3 is 35.6 Å². The van der Waals surface area contributed by atoms with Crippen LogP contribution < -0.4 is 20.9 Å². The molecule has 11 heteroatoms. The van der Waals surface area contributed by atoms with E-state index in [-0.39, 0.29) is 11.8 Å². The lowest BCUT2D eigenvalue weighted by Crippen LogP contribution is -2.42. The van der Waals surface area contributed by atoms with Crippen LogP contribution in [-0.4, -0.2) is 86.6 Å². The Morgan fingerprint density at radius 3 is 2.35 bits per heavy atom. The molecule has 0 unspecified atom stereocenters. The lowest BCUT2D eigenvalue weighted by atomic mass is 9.91. The van der Waals surface area contributed by atoms with Crippen molar-refractivity contribution in [2.45, 2.75) is 62.4 Å². The van der Waals surface area contributed by atoms with Gasteiger partial charge in [-0.15, -0.1) is 0 Å². The van der Waals surface area contributed by atoms with Crippen LogP contribution in [0.5, 0.6) is 0 Å². The third kappa shape index (κ3) is 5.93. The fourth-order valence-corrected chi connectivity index (χ4v) is 6.32. The summed E-state index contributed by atoms with van der Waals surface area (Å²) in [6.07, 6.45) is 1.12. The number of amides is 1. The molecule has 0 radical (unpaired) electrons. The summed E-state index contributed by atoms with van der Waals surface area (Å²) in [6, 6.07) is 20.1. The number of aliphatic hydroxyl groups excluding tert-OH is 2. The molecule has 1 aliphatic carbocycles. The van der Waals surface area contributed by atoms with Crippen molar-refractivity contribution < 1.29 is 15.0 Å². The molecule has 1 amide bonds. The molecule has 6 rings (SSSR count). The minimum Gasteiger partial charge on any atom is -0.388 e. The van der Waals surface area contributed by atoms with E-state index in [2.05, 4.69) is 69.4 Å². The lowest BCUT2D eigenvalue weighted by molar-refractivity contribution is -0.122. The monoisotopic (exact) mass is 584 g/mol. The smallest absolute Gasteiger partial charge is 0.229 e. The van der Waals surface area contributed by atoms with Crippen LogP contribution in [-0.2, 0) is 4.79 Å². The normalized spacial score (nSPS) is 23.7. The van der Waals surface area contributed by atoms with E-state index in [0.717, 1.165) is 19.5 Å². The van der Waals surface area contributed by atoms with Gasteiger partial charge >= 0.3 is 0 Å². The summed E-state index contributed by atoms with van der Waals surface area (Å²) in [5, 5.41) is 31.7. The minimum atomic E-state index is -1.09. The van der Waals surface area contributed by atoms with Crippen molar-refractivity contribution >= 4 is 28.8 Å². The highest BCUT2D eigenvalue weighted by atomic mass is 16.3. The number of aromatic nitrogens is 4. The second kappa shape index (κ2) is 12.7. The van der Waals surface area contributed by atoms with Gasteiger partial charge in [-0.2, -0.15) is 9.97 Å². The summed E-state index contributed by atoms with van der Waals surface area (Å²) < 4.78 is 1.83. The standard InChI is InChI=1S/C32H40N8O3/c1-3-26(41)36-24-16-25(29(43)28(24)42)40-19-35-27-30(37-32(38-31(27)40)39-15-14-22(18-39)33-2)34-17-23(20-10-6-4-7-11-20)21-12-8-5-9-13-21/h4-13,19,22-25,28-29,33,42-43H,3,14-18H2,1-2H3,(H,36,41)(H,34,37,38)/t22-,24+,25-,28-,29+/m1/s1. The zero-order valence-electron chi connectivity index (χ0n) is 24.6. The molecule has 2 aromatic carbocycles. The van der Waals surface area contributed by atoms with Gasteiger partial charge in [0, 0.05) is 38.0 Å². The SMILES string of the molecule is CCC(=O)N[C@H]1C[C@@H](n2cnc3c(NCC(c4ccccc4)c4ccccc4)nc(N4CC[C@@H](NC)C4)nc32)[C@H](O)[C@@H]1O. The van der Waals surface area contributed by atoms with Crippen molar-refractivity contribution in [3.8, 4) is 0 Å². The Labute approximate surface area is 251 Å². The van der Waals surface area contributed by atoms with Crippen molar-refractivity contribution in [2.75, 3.05) is 36.9 Å².